The van der Waals surface area contributed by atoms with Crippen LogP contribution in [0.2, 0.25) is 0 Å². The van der Waals surface area contributed by atoms with Gasteiger partial charge in [-0.25, -0.2) is 0 Å². The summed E-state index contributed by atoms with van der Waals surface area (Å²) < 4.78 is 0. The van der Waals surface area contributed by atoms with E-state index in [9.17, 15) is 0 Å². The predicted molar refractivity (Wildman–Crippen MR) is 38.2 cm³/mol. The second kappa shape index (κ2) is 2.00. The summed E-state index contributed by atoms with van der Waals surface area (Å²) in [5.41, 5.74) is 8.60. The van der Waals surface area contributed by atoms with Gasteiger partial charge in [0, 0.05) is 0 Å². The maximum absolute atomic E-state index is 5.56. The van der Waals surface area contributed by atoms with Crippen LogP contribution in [0.25, 0.3) is 0 Å². The van der Waals surface area contributed by atoms with Crippen LogP contribution in [0.4, 0.5) is 0 Å². The first-order valence-electron chi connectivity index (χ1n) is 3.29. The highest BCUT2D eigenvalue weighted by Gasteiger charge is 2.21. The Labute approximate surface area is 59.3 Å². The van der Waals surface area contributed by atoms with Gasteiger partial charge in [-0.05, 0) is 6.08 Å². The highest BCUT2D eigenvalue weighted by atomic mass is 15.7. The minimum Gasteiger partial charge on any atom is -0.342 e. The van der Waals surface area contributed by atoms with Crippen LogP contribution in [-0.4, -0.2) is 17.8 Å². The molecule has 1 fully saturated rings. The summed E-state index contributed by atoms with van der Waals surface area (Å²) in [4.78, 5) is 0. The molecule has 4 heteroatoms. The minimum atomic E-state index is -0.133. The topological polar surface area (TPSA) is 53.3 Å². The summed E-state index contributed by atoms with van der Waals surface area (Å²) in [6, 6.07) is 0. The Bertz CT molecular complexity index is 196. The molecule has 0 aromatic heterocycles. The summed E-state index contributed by atoms with van der Waals surface area (Å²) in [6.07, 6.45) is 5.93. The Morgan fingerprint density at radius 2 is 2.60 bits per heavy atom. The largest absolute Gasteiger partial charge is 0.342 e. The number of hydrazine groups is 1. The second-order valence-electron chi connectivity index (χ2n) is 2.34. The molecule has 0 spiro atoms. The van der Waals surface area contributed by atoms with Crippen LogP contribution in [0.5, 0.6) is 0 Å². The van der Waals surface area contributed by atoms with Crippen molar-refractivity contribution in [2.45, 2.75) is 6.29 Å². The van der Waals surface area contributed by atoms with Gasteiger partial charge in [0.2, 0.25) is 0 Å². The molecule has 0 saturated carbocycles. The molecule has 1 saturated heterocycles. The molecular formula is C6H10N4. The van der Waals surface area contributed by atoms with Gasteiger partial charge < -0.3 is 5.32 Å². The molecule has 0 amide bonds. The van der Waals surface area contributed by atoms with Gasteiger partial charge in [0.05, 0.1) is 6.54 Å². The molecular weight excluding hydrogens is 128 g/mol. The molecule has 54 valence electrons. The first-order valence-corrected chi connectivity index (χ1v) is 3.29. The molecule has 4 N–H and O–H groups in total. The first kappa shape index (κ1) is 5.76. The molecule has 10 heavy (non-hydrogen) atoms. The quantitative estimate of drug-likeness (QED) is 0.404. The van der Waals surface area contributed by atoms with Gasteiger partial charge in [0.1, 0.15) is 12.1 Å². The van der Waals surface area contributed by atoms with Gasteiger partial charge >= 0.3 is 0 Å². The summed E-state index contributed by atoms with van der Waals surface area (Å²) in [7, 11) is 0. The van der Waals surface area contributed by atoms with Crippen LogP contribution >= 0.6 is 0 Å². The fourth-order valence-corrected chi connectivity index (χ4v) is 1.12. The van der Waals surface area contributed by atoms with E-state index < -0.39 is 0 Å². The standard InChI is InChI=1S/C6H10N4/c7-6-8-5-3-1-2-4-10(5)9-6/h1-3,6,8-9H,4,7H2. The van der Waals surface area contributed by atoms with E-state index in [0.29, 0.717) is 0 Å². The number of hydrogen-bond acceptors (Lipinski definition) is 4. The molecule has 2 aliphatic rings. The van der Waals surface area contributed by atoms with Crippen molar-refractivity contribution in [3.8, 4) is 0 Å². The Kier molecular flexibility index (Phi) is 1.15. The second-order valence-corrected chi connectivity index (χ2v) is 2.34. The van der Waals surface area contributed by atoms with Crippen molar-refractivity contribution in [3.63, 3.8) is 0 Å². The lowest BCUT2D eigenvalue weighted by molar-refractivity contribution is 0.297. The molecule has 2 aliphatic heterocycles. The van der Waals surface area contributed by atoms with E-state index in [1.165, 1.54) is 0 Å². The molecule has 2 rings (SSSR count). The van der Waals surface area contributed by atoms with Crippen LogP contribution in [0, 0.1) is 0 Å². The molecule has 1 atom stereocenters. The molecule has 0 bridgehead atoms. The Balaban J connectivity index is 2.18. The average Bonchev–Trinajstić information content (AvgIpc) is 2.27. The van der Waals surface area contributed by atoms with Crippen LogP contribution in [0.1, 0.15) is 0 Å². The van der Waals surface area contributed by atoms with E-state index in [4.69, 9.17) is 5.73 Å². The van der Waals surface area contributed by atoms with Crippen LogP contribution in [0.3, 0.4) is 0 Å². The molecule has 0 radical (unpaired) electrons. The third-order valence-electron chi connectivity index (χ3n) is 1.57. The van der Waals surface area contributed by atoms with Crippen LogP contribution in [-0.2, 0) is 0 Å². The maximum Gasteiger partial charge on any atom is 0.147 e. The van der Waals surface area contributed by atoms with Gasteiger partial charge in [-0.3, -0.25) is 10.7 Å². The molecule has 0 aromatic carbocycles. The summed E-state index contributed by atoms with van der Waals surface area (Å²) in [5, 5.41) is 5.04. The number of nitrogens with one attached hydrogen (secondary N) is 2. The van der Waals surface area contributed by atoms with E-state index in [2.05, 4.69) is 16.8 Å². The zero-order valence-corrected chi connectivity index (χ0v) is 5.54. The first-order chi connectivity index (χ1) is 4.86. The fourth-order valence-electron chi connectivity index (χ4n) is 1.12. The van der Waals surface area contributed by atoms with Crippen molar-refractivity contribution >= 4 is 0 Å². The van der Waals surface area contributed by atoms with Crippen molar-refractivity contribution < 1.29 is 0 Å². The summed E-state index contributed by atoms with van der Waals surface area (Å²) in [5.74, 6) is 1.05. The van der Waals surface area contributed by atoms with Gasteiger partial charge in [0.25, 0.3) is 0 Å². The average molecular weight is 138 g/mol. The van der Waals surface area contributed by atoms with E-state index in [-0.39, 0.29) is 6.29 Å². The van der Waals surface area contributed by atoms with Crippen molar-refractivity contribution in [1.29, 1.82) is 0 Å². The summed E-state index contributed by atoms with van der Waals surface area (Å²) >= 11 is 0. The number of allylic oxidation sites excluding steroid dienone is 2. The Morgan fingerprint density at radius 1 is 1.70 bits per heavy atom. The SMILES string of the molecule is NC1NC2=CC=CCN2N1. The van der Waals surface area contributed by atoms with E-state index in [1.807, 2.05) is 17.2 Å². The van der Waals surface area contributed by atoms with Crippen molar-refractivity contribution in [2.24, 2.45) is 5.73 Å². The molecule has 4 nitrogen and oxygen atoms in total. The zero-order chi connectivity index (χ0) is 6.97. The minimum absolute atomic E-state index is 0.133. The number of nitrogens with zero attached hydrogens (tertiary/aromatic N) is 1. The highest BCUT2D eigenvalue weighted by Crippen LogP contribution is 2.08. The lowest BCUT2D eigenvalue weighted by Gasteiger charge is -2.17. The van der Waals surface area contributed by atoms with Gasteiger partial charge in [0.15, 0.2) is 0 Å². The maximum atomic E-state index is 5.56. The van der Waals surface area contributed by atoms with Crippen molar-refractivity contribution in [3.05, 3.63) is 24.0 Å². The number of rotatable bonds is 0. The third-order valence-corrected chi connectivity index (χ3v) is 1.57. The zero-order valence-electron chi connectivity index (χ0n) is 5.54. The van der Waals surface area contributed by atoms with Gasteiger partial charge in [-0.1, -0.05) is 12.2 Å². The van der Waals surface area contributed by atoms with Gasteiger partial charge in [-0.2, -0.15) is 5.43 Å². The highest BCUT2D eigenvalue weighted by molar-refractivity contribution is 5.18. The lowest BCUT2D eigenvalue weighted by Crippen LogP contribution is -2.43. The van der Waals surface area contributed by atoms with E-state index >= 15 is 0 Å². The molecule has 1 unspecified atom stereocenters. The monoisotopic (exact) mass is 138 g/mol. The third kappa shape index (κ3) is 0.778. The Morgan fingerprint density at radius 3 is 3.40 bits per heavy atom. The number of nitrogens with two attached hydrogens (primary N) is 1. The fraction of sp³-hybridized carbons (Fsp3) is 0.333. The van der Waals surface area contributed by atoms with Crippen LogP contribution < -0.4 is 16.5 Å². The normalized spacial score (nSPS) is 29.5. The van der Waals surface area contributed by atoms with Crippen LogP contribution in [0.15, 0.2) is 24.0 Å². The number of fused-ring (bicyclic) bond motifs is 1. The van der Waals surface area contributed by atoms with E-state index in [1.54, 1.807) is 0 Å². The number of hydrogen-bond donors (Lipinski definition) is 3. The molecule has 0 aromatic rings. The molecule has 2 heterocycles. The van der Waals surface area contributed by atoms with E-state index in [0.717, 1.165) is 12.4 Å². The van der Waals surface area contributed by atoms with Crippen molar-refractivity contribution in [2.75, 3.05) is 6.54 Å². The lowest BCUT2D eigenvalue weighted by atomic mass is 10.3. The smallest absolute Gasteiger partial charge is 0.147 e. The Hall–Kier alpha value is -1.00. The summed E-state index contributed by atoms with van der Waals surface area (Å²) in [6.45, 7) is 0.881. The predicted octanol–water partition coefficient (Wildman–Crippen LogP) is -0.950. The van der Waals surface area contributed by atoms with Crippen molar-refractivity contribution in [1.82, 2.24) is 15.8 Å². The van der Waals surface area contributed by atoms with Gasteiger partial charge in [-0.15, -0.1) is 0 Å². The molecule has 0 aliphatic carbocycles.